The quantitative estimate of drug-likeness (QED) is 0.585. The van der Waals surface area contributed by atoms with Crippen LogP contribution in [0.15, 0.2) is 0 Å². The van der Waals surface area contributed by atoms with Crippen molar-refractivity contribution < 1.29 is 14.6 Å². The summed E-state index contributed by atoms with van der Waals surface area (Å²) in [5.74, 6) is -0.846. The molecule has 0 saturated heterocycles. The summed E-state index contributed by atoms with van der Waals surface area (Å²) in [6.45, 7) is 4.58. The second-order valence-corrected chi connectivity index (χ2v) is 3.52. The molecule has 0 rings (SSSR count). The van der Waals surface area contributed by atoms with E-state index < -0.39 is 12.1 Å². The van der Waals surface area contributed by atoms with Crippen LogP contribution in [-0.2, 0) is 9.53 Å². The molecule has 1 unspecified atom stereocenters. The Bertz CT molecular complexity index is 145. The summed E-state index contributed by atoms with van der Waals surface area (Å²) in [4.78, 5) is 10.6. The number of carbonyl (C=O) groups is 1. The van der Waals surface area contributed by atoms with Crippen LogP contribution in [0.2, 0.25) is 0 Å². The average molecular weight is 202 g/mol. The molecule has 0 radical (unpaired) electrons. The van der Waals surface area contributed by atoms with Gasteiger partial charge in [-0.15, -0.1) is 0 Å². The molecule has 0 aliphatic rings. The molecule has 0 bridgehead atoms. The van der Waals surface area contributed by atoms with Gasteiger partial charge < -0.3 is 9.84 Å². The molecule has 3 heteroatoms. The van der Waals surface area contributed by atoms with Crippen molar-refractivity contribution in [2.45, 2.75) is 58.5 Å². The summed E-state index contributed by atoms with van der Waals surface area (Å²) in [6, 6.07) is 0. The Kier molecular flexibility index (Phi) is 8.64. The highest BCUT2D eigenvalue weighted by Crippen LogP contribution is 2.05. The van der Waals surface area contributed by atoms with Crippen LogP contribution in [0, 0.1) is 0 Å². The lowest BCUT2D eigenvalue weighted by molar-refractivity contribution is -0.150. The van der Waals surface area contributed by atoms with Crippen molar-refractivity contribution in [2.24, 2.45) is 0 Å². The molecular weight excluding hydrogens is 180 g/mol. The third-order valence-electron chi connectivity index (χ3n) is 2.21. The topological polar surface area (TPSA) is 46.5 Å². The summed E-state index contributed by atoms with van der Waals surface area (Å²) in [5.41, 5.74) is 0. The van der Waals surface area contributed by atoms with Crippen LogP contribution in [0.1, 0.15) is 52.4 Å². The van der Waals surface area contributed by atoms with Gasteiger partial charge in [-0.3, -0.25) is 0 Å². The Morgan fingerprint density at radius 2 is 1.86 bits per heavy atom. The highest BCUT2D eigenvalue weighted by atomic mass is 16.5. The van der Waals surface area contributed by atoms with E-state index in [1.165, 1.54) is 19.3 Å². The summed E-state index contributed by atoms with van der Waals surface area (Å²) >= 11 is 0. The molecule has 1 atom stereocenters. The highest BCUT2D eigenvalue weighted by Gasteiger charge is 2.14. The zero-order valence-electron chi connectivity index (χ0n) is 9.29. The molecule has 0 heterocycles. The minimum atomic E-state index is -0.846. The smallest absolute Gasteiger partial charge is 0.332 e. The summed E-state index contributed by atoms with van der Waals surface area (Å²) in [6.07, 6.45) is 5.77. The summed E-state index contributed by atoms with van der Waals surface area (Å²) < 4.78 is 5.23. The minimum absolute atomic E-state index is 0.546. The monoisotopic (exact) mass is 202 g/mol. The number of ether oxygens (including phenoxy) is 1. The summed E-state index contributed by atoms with van der Waals surface area (Å²) in [5, 5.41) is 8.69. The van der Waals surface area contributed by atoms with Crippen molar-refractivity contribution in [2.75, 3.05) is 6.61 Å². The first-order valence-electron chi connectivity index (χ1n) is 5.56. The number of aliphatic carboxylic acids is 1. The van der Waals surface area contributed by atoms with Gasteiger partial charge in [-0.25, -0.2) is 4.79 Å². The standard InChI is InChI=1S/C11H22O3/c1-3-5-6-7-8-9-14-10(4-2)11(12)13/h10H,3-9H2,1-2H3,(H,12,13). The molecule has 84 valence electrons. The number of hydrogen-bond donors (Lipinski definition) is 1. The minimum Gasteiger partial charge on any atom is -0.479 e. The zero-order chi connectivity index (χ0) is 10.8. The van der Waals surface area contributed by atoms with Crippen molar-refractivity contribution in [3.63, 3.8) is 0 Å². The maximum absolute atomic E-state index is 10.6. The number of rotatable bonds is 9. The number of unbranched alkanes of at least 4 members (excludes halogenated alkanes) is 4. The largest absolute Gasteiger partial charge is 0.479 e. The van der Waals surface area contributed by atoms with Crippen LogP contribution in [0.3, 0.4) is 0 Å². The van der Waals surface area contributed by atoms with E-state index in [9.17, 15) is 4.79 Å². The van der Waals surface area contributed by atoms with Gasteiger partial charge in [0, 0.05) is 6.61 Å². The molecule has 0 spiro atoms. The van der Waals surface area contributed by atoms with Crippen molar-refractivity contribution in [3.8, 4) is 0 Å². The molecule has 0 aromatic carbocycles. The normalized spacial score (nSPS) is 12.7. The van der Waals surface area contributed by atoms with Crippen LogP contribution < -0.4 is 0 Å². The van der Waals surface area contributed by atoms with Crippen LogP contribution in [0.5, 0.6) is 0 Å². The molecule has 0 aliphatic carbocycles. The van der Waals surface area contributed by atoms with Gasteiger partial charge in [0.15, 0.2) is 6.10 Å². The third kappa shape index (κ3) is 6.89. The first kappa shape index (κ1) is 13.4. The fourth-order valence-corrected chi connectivity index (χ4v) is 1.29. The molecule has 0 amide bonds. The lowest BCUT2D eigenvalue weighted by Gasteiger charge is -2.10. The molecule has 14 heavy (non-hydrogen) atoms. The summed E-state index contributed by atoms with van der Waals surface area (Å²) in [7, 11) is 0. The first-order chi connectivity index (χ1) is 6.72. The van der Waals surface area contributed by atoms with Crippen molar-refractivity contribution in [3.05, 3.63) is 0 Å². The van der Waals surface area contributed by atoms with Gasteiger partial charge in [-0.1, -0.05) is 39.5 Å². The van der Waals surface area contributed by atoms with E-state index in [2.05, 4.69) is 6.92 Å². The molecule has 3 nitrogen and oxygen atoms in total. The fraction of sp³-hybridized carbons (Fsp3) is 0.909. The Hall–Kier alpha value is -0.570. The molecule has 0 fully saturated rings. The Morgan fingerprint density at radius 1 is 1.21 bits per heavy atom. The van der Waals surface area contributed by atoms with Gasteiger partial charge in [-0.05, 0) is 12.8 Å². The predicted molar refractivity (Wildman–Crippen MR) is 56.4 cm³/mol. The number of carboxylic acid groups (broad SMARTS) is 1. The van der Waals surface area contributed by atoms with Crippen LogP contribution in [-0.4, -0.2) is 23.8 Å². The number of carboxylic acids is 1. The first-order valence-corrected chi connectivity index (χ1v) is 5.56. The van der Waals surface area contributed by atoms with E-state index in [-0.39, 0.29) is 0 Å². The van der Waals surface area contributed by atoms with Gasteiger partial charge in [0.2, 0.25) is 0 Å². The average Bonchev–Trinajstić information content (AvgIpc) is 2.16. The van der Waals surface area contributed by atoms with E-state index in [0.29, 0.717) is 13.0 Å². The Morgan fingerprint density at radius 3 is 2.36 bits per heavy atom. The molecule has 0 saturated carbocycles. The van der Waals surface area contributed by atoms with E-state index in [1.54, 1.807) is 0 Å². The second kappa shape index (κ2) is 9.00. The van der Waals surface area contributed by atoms with Gasteiger partial charge in [0.1, 0.15) is 0 Å². The van der Waals surface area contributed by atoms with E-state index in [1.807, 2.05) is 6.92 Å². The van der Waals surface area contributed by atoms with Gasteiger partial charge in [0.05, 0.1) is 0 Å². The molecule has 0 aromatic rings. The highest BCUT2D eigenvalue weighted by molar-refractivity contribution is 5.72. The van der Waals surface area contributed by atoms with Crippen LogP contribution >= 0.6 is 0 Å². The van der Waals surface area contributed by atoms with Gasteiger partial charge in [0.25, 0.3) is 0 Å². The maximum atomic E-state index is 10.6. The maximum Gasteiger partial charge on any atom is 0.332 e. The van der Waals surface area contributed by atoms with Crippen LogP contribution in [0.25, 0.3) is 0 Å². The fourth-order valence-electron chi connectivity index (χ4n) is 1.29. The lowest BCUT2D eigenvalue weighted by atomic mass is 10.2. The number of hydrogen-bond acceptors (Lipinski definition) is 2. The Balaban J connectivity index is 3.29. The predicted octanol–water partition coefficient (Wildman–Crippen LogP) is 2.84. The Labute approximate surface area is 86.5 Å². The second-order valence-electron chi connectivity index (χ2n) is 3.52. The van der Waals surface area contributed by atoms with Gasteiger partial charge in [-0.2, -0.15) is 0 Å². The van der Waals surface area contributed by atoms with Gasteiger partial charge >= 0.3 is 5.97 Å². The molecule has 0 aliphatic heterocycles. The van der Waals surface area contributed by atoms with E-state index in [4.69, 9.17) is 9.84 Å². The van der Waals surface area contributed by atoms with Crippen molar-refractivity contribution >= 4 is 5.97 Å². The zero-order valence-corrected chi connectivity index (χ0v) is 9.29. The van der Waals surface area contributed by atoms with Crippen molar-refractivity contribution in [1.82, 2.24) is 0 Å². The van der Waals surface area contributed by atoms with E-state index >= 15 is 0 Å². The van der Waals surface area contributed by atoms with Crippen molar-refractivity contribution in [1.29, 1.82) is 0 Å². The molecular formula is C11H22O3. The molecule has 1 N–H and O–H groups in total. The lowest BCUT2D eigenvalue weighted by Crippen LogP contribution is -2.23. The molecule has 0 aromatic heterocycles. The van der Waals surface area contributed by atoms with Crippen LogP contribution in [0.4, 0.5) is 0 Å². The third-order valence-corrected chi connectivity index (χ3v) is 2.21. The van der Waals surface area contributed by atoms with E-state index in [0.717, 1.165) is 12.8 Å². The SMILES string of the molecule is CCCCCCCOC(CC)C(=O)O.